The Labute approximate surface area is 159 Å². The van der Waals surface area contributed by atoms with Crippen LogP contribution in [0.25, 0.3) is 0 Å². The van der Waals surface area contributed by atoms with Gasteiger partial charge in [0.2, 0.25) is 10.0 Å². The molecule has 2 N–H and O–H groups in total. The summed E-state index contributed by atoms with van der Waals surface area (Å²) in [5.74, 6) is 0.725. The molecule has 0 aliphatic heterocycles. The van der Waals surface area contributed by atoms with E-state index in [0.29, 0.717) is 17.0 Å². The van der Waals surface area contributed by atoms with Crippen LogP contribution < -0.4 is 9.46 Å². The largest absolute Gasteiger partial charge is 0.497 e. The third kappa shape index (κ3) is 3.74. The minimum absolute atomic E-state index is 0.0966. The second kappa shape index (κ2) is 7.19. The van der Waals surface area contributed by atoms with Crippen molar-refractivity contribution in [3.8, 4) is 5.75 Å². The number of rotatable bonds is 5. The van der Waals surface area contributed by atoms with Crippen LogP contribution in [0.5, 0.6) is 5.75 Å². The van der Waals surface area contributed by atoms with Gasteiger partial charge >= 0.3 is 0 Å². The number of ether oxygens (including phenoxy) is 1. The Morgan fingerprint density at radius 3 is 2.77 bits per heavy atom. The summed E-state index contributed by atoms with van der Waals surface area (Å²) < 4.78 is 33.2. The fourth-order valence-corrected chi connectivity index (χ4v) is 5.00. The number of nitrogens with one attached hydrogen (secondary N) is 1. The zero-order chi connectivity index (χ0) is 18.9. The van der Waals surface area contributed by atoms with Crippen molar-refractivity contribution in [3.05, 3.63) is 58.1 Å². The van der Waals surface area contributed by atoms with Crippen LogP contribution in [-0.2, 0) is 22.0 Å². The number of hydrogen-bond donors (Lipinski definition) is 2. The summed E-state index contributed by atoms with van der Waals surface area (Å²) in [6.45, 7) is 1.61. The lowest BCUT2D eigenvalue weighted by Gasteiger charge is -2.35. The van der Waals surface area contributed by atoms with Crippen LogP contribution in [0, 0.1) is 6.92 Å². The van der Waals surface area contributed by atoms with Gasteiger partial charge in [-0.15, -0.1) is 0 Å². The van der Waals surface area contributed by atoms with Crippen LogP contribution in [0.2, 0.25) is 5.02 Å². The molecule has 1 atom stereocenters. The molecule has 0 saturated carbocycles. The van der Waals surface area contributed by atoms with E-state index in [9.17, 15) is 13.5 Å². The van der Waals surface area contributed by atoms with Crippen molar-refractivity contribution in [1.29, 1.82) is 0 Å². The van der Waals surface area contributed by atoms with Crippen molar-refractivity contribution >= 4 is 21.6 Å². The van der Waals surface area contributed by atoms with Gasteiger partial charge < -0.3 is 9.84 Å². The van der Waals surface area contributed by atoms with E-state index in [2.05, 4.69) is 4.72 Å². The Hall–Kier alpha value is -1.60. The Morgan fingerprint density at radius 1 is 1.27 bits per heavy atom. The lowest BCUT2D eigenvalue weighted by atomic mass is 9.79. The summed E-state index contributed by atoms with van der Waals surface area (Å²) in [5, 5.41) is 11.5. The molecule has 0 fully saturated rings. The van der Waals surface area contributed by atoms with Crippen molar-refractivity contribution in [2.24, 2.45) is 0 Å². The molecule has 7 heteroatoms. The van der Waals surface area contributed by atoms with E-state index in [1.807, 2.05) is 12.1 Å². The van der Waals surface area contributed by atoms with E-state index in [4.69, 9.17) is 16.3 Å². The number of methoxy groups -OCH3 is 1. The second-order valence-corrected chi connectivity index (χ2v) is 8.81. The van der Waals surface area contributed by atoms with Gasteiger partial charge in [-0.2, -0.15) is 0 Å². The summed E-state index contributed by atoms with van der Waals surface area (Å²) >= 11 is 5.94. The van der Waals surface area contributed by atoms with E-state index in [0.717, 1.165) is 29.7 Å². The maximum atomic E-state index is 12.7. The molecule has 1 aliphatic carbocycles. The molecule has 2 aromatic rings. The lowest BCUT2D eigenvalue weighted by Crippen LogP contribution is -2.43. The first-order chi connectivity index (χ1) is 12.2. The zero-order valence-electron chi connectivity index (χ0n) is 14.8. The first-order valence-electron chi connectivity index (χ1n) is 8.41. The lowest BCUT2D eigenvalue weighted by molar-refractivity contribution is 0.0242. The highest BCUT2D eigenvalue weighted by Gasteiger charge is 2.36. The van der Waals surface area contributed by atoms with Gasteiger partial charge in [-0.05, 0) is 67.1 Å². The van der Waals surface area contributed by atoms with Crippen molar-refractivity contribution in [2.45, 2.75) is 36.7 Å². The normalized spacial score (nSPS) is 19.8. The second-order valence-electron chi connectivity index (χ2n) is 6.64. The van der Waals surface area contributed by atoms with Gasteiger partial charge in [-0.3, -0.25) is 0 Å². The molecule has 5 nitrogen and oxygen atoms in total. The van der Waals surface area contributed by atoms with Gasteiger partial charge in [0, 0.05) is 11.6 Å². The molecular formula is C19H22ClNO4S. The summed E-state index contributed by atoms with van der Waals surface area (Å²) in [6, 6.07) is 10.2. The molecule has 0 aromatic heterocycles. The minimum Gasteiger partial charge on any atom is -0.497 e. The smallest absolute Gasteiger partial charge is 0.240 e. The van der Waals surface area contributed by atoms with Crippen LogP contribution >= 0.6 is 11.6 Å². The molecule has 0 saturated heterocycles. The van der Waals surface area contributed by atoms with Crippen LogP contribution in [0.4, 0.5) is 0 Å². The van der Waals surface area contributed by atoms with Gasteiger partial charge in [0.25, 0.3) is 0 Å². The van der Waals surface area contributed by atoms with Crippen LogP contribution in [0.1, 0.15) is 29.5 Å². The van der Waals surface area contributed by atoms with Gasteiger partial charge in [-0.25, -0.2) is 13.1 Å². The standard InChI is InChI=1S/C19H22ClNO4S/c1-13-5-6-15(20)11-18(13)26(23,24)21-12-19(22)9-3-4-14-10-16(25-2)7-8-17(14)19/h5-8,10-11,21-22H,3-4,9,12H2,1-2H3. The fraction of sp³-hybridized carbons (Fsp3) is 0.368. The van der Waals surface area contributed by atoms with E-state index < -0.39 is 15.6 Å². The highest BCUT2D eigenvalue weighted by atomic mass is 35.5. The highest BCUT2D eigenvalue weighted by molar-refractivity contribution is 7.89. The van der Waals surface area contributed by atoms with E-state index in [1.54, 1.807) is 32.2 Å². The molecule has 1 aliphatic rings. The summed E-state index contributed by atoms with van der Waals surface area (Å²) in [5.41, 5.74) is 1.08. The molecule has 140 valence electrons. The average Bonchev–Trinajstić information content (AvgIpc) is 2.62. The Bertz CT molecular complexity index is 929. The SMILES string of the molecule is COc1ccc2c(c1)CCCC2(O)CNS(=O)(=O)c1cc(Cl)ccc1C. The number of benzene rings is 2. The van der Waals surface area contributed by atoms with Gasteiger partial charge in [0.1, 0.15) is 11.4 Å². The van der Waals surface area contributed by atoms with Crippen molar-refractivity contribution in [3.63, 3.8) is 0 Å². The first-order valence-corrected chi connectivity index (χ1v) is 10.3. The molecule has 3 rings (SSSR count). The number of sulfonamides is 1. The number of aliphatic hydroxyl groups is 1. The fourth-order valence-electron chi connectivity index (χ4n) is 3.40. The highest BCUT2D eigenvalue weighted by Crippen LogP contribution is 2.37. The molecular weight excluding hydrogens is 374 g/mol. The molecule has 0 heterocycles. The maximum absolute atomic E-state index is 12.7. The van der Waals surface area contributed by atoms with Gasteiger partial charge in [-0.1, -0.05) is 23.7 Å². The topological polar surface area (TPSA) is 75.6 Å². The Morgan fingerprint density at radius 2 is 2.04 bits per heavy atom. The van der Waals surface area contributed by atoms with Crippen LogP contribution in [-0.4, -0.2) is 27.2 Å². The van der Waals surface area contributed by atoms with Crippen molar-refractivity contribution < 1.29 is 18.3 Å². The summed E-state index contributed by atoms with van der Waals surface area (Å²) in [7, 11) is -2.19. The molecule has 0 radical (unpaired) electrons. The van der Waals surface area contributed by atoms with Crippen molar-refractivity contribution in [2.75, 3.05) is 13.7 Å². The van der Waals surface area contributed by atoms with E-state index in [1.165, 1.54) is 6.07 Å². The van der Waals surface area contributed by atoms with E-state index in [-0.39, 0.29) is 11.4 Å². The maximum Gasteiger partial charge on any atom is 0.240 e. The minimum atomic E-state index is -3.79. The quantitative estimate of drug-likeness (QED) is 0.815. The molecule has 0 spiro atoms. The monoisotopic (exact) mass is 395 g/mol. The molecule has 26 heavy (non-hydrogen) atoms. The third-order valence-corrected chi connectivity index (χ3v) is 6.62. The first kappa shape index (κ1) is 19.2. The van der Waals surface area contributed by atoms with Gasteiger partial charge in [0.05, 0.1) is 12.0 Å². The average molecular weight is 396 g/mol. The number of hydrogen-bond acceptors (Lipinski definition) is 4. The predicted octanol–water partition coefficient (Wildman–Crippen LogP) is 3.16. The Balaban J connectivity index is 1.87. The molecule has 1 unspecified atom stereocenters. The molecule has 0 amide bonds. The third-order valence-electron chi connectivity index (χ3n) is 4.84. The zero-order valence-corrected chi connectivity index (χ0v) is 16.3. The summed E-state index contributed by atoms with van der Waals surface area (Å²) in [4.78, 5) is 0.124. The predicted molar refractivity (Wildman–Crippen MR) is 101 cm³/mol. The number of fused-ring (bicyclic) bond motifs is 1. The van der Waals surface area contributed by atoms with Crippen molar-refractivity contribution in [1.82, 2.24) is 4.72 Å². The molecule has 0 bridgehead atoms. The van der Waals surface area contributed by atoms with Gasteiger partial charge in [0.15, 0.2) is 0 Å². The van der Waals surface area contributed by atoms with Crippen LogP contribution in [0.3, 0.4) is 0 Å². The van der Waals surface area contributed by atoms with Crippen LogP contribution in [0.15, 0.2) is 41.3 Å². The summed E-state index contributed by atoms with van der Waals surface area (Å²) in [6.07, 6.45) is 2.09. The number of halogens is 1. The van der Waals surface area contributed by atoms with E-state index >= 15 is 0 Å². The Kier molecular flexibility index (Phi) is 5.30. The number of aryl methyl sites for hydroxylation is 2. The molecule has 2 aromatic carbocycles.